The summed E-state index contributed by atoms with van der Waals surface area (Å²) < 4.78 is 5.52. The predicted molar refractivity (Wildman–Crippen MR) is 161 cm³/mol. The molecule has 3 amide bonds. The fraction of sp³-hybridized carbons (Fsp3) is 0.545. The second-order valence-corrected chi connectivity index (χ2v) is 12.3. The number of ether oxygens (including phenoxy) is 1. The molecule has 0 spiro atoms. The van der Waals surface area contributed by atoms with Gasteiger partial charge in [-0.15, -0.1) is 0 Å². The van der Waals surface area contributed by atoms with Crippen molar-refractivity contribution in [3.05, 3.63) is 70.8 Å². The van der Waals surface area contributed by atoms with Crippen molar-refractivity contribution in [1.82, 2.24) is 15.5 Å². The number of rotatable bonds is 11. The summed E-state index contributed by atoms with van der Waals surface area (Å²) in [6.45, 7) is 19.5. The Balaban J connectivity index is 2.65. The second-order valence-electron chi connectivity index (χ2n) is 12.3. The molecule has 0 radical (unpaired) electrons. The Morgan fingerprint density at radius 1 is 0.925 bits per heavy atom. The summed E-state index contributed by atoms with van der Waals surface area (Å²) in [5.41, 5.74) is 2.29. The molecule has 0 fully saturated rings. The van der Waals surface area contributed by atoms with Crippen LogP contribution in [-0.2, 0) is 20.9 Å². The minimum atomic E-state index is -0.905. The number of aryl methyl sites for hydroxylation is 1. The van der Waals surface area contributed by atoms with E-state index in [9.17, 15) is 14.4 Å². The quantitative estimate of drug-likeness (QED) is 0.329. The zero-order valence-electron chi connectivity index (χ0n) is 26.1. The van der Waals surface area contributed by atoms with Gasteiger partial charge in [0.15, 0.2) is 0 Å². The van der Waals surface area contributed by atoms with Crippen molar-refractivity contribution in [2.75, 3.05) is 0 Å². The number of alkyl carbamates (subject to hydrolysis) is 1. The third kappa shape index (κ3) is 8.57. The summed E-state index contributed by atoms with van der Waals surface area (Å²) in [6.07, 6.45) is 0.601. The van der Waals surface area contributed by atoms with Crippen LogP contribution in [0.1, 0.15) is 96.5 Å². The first kappa shape index (κ1) is 32.9. The monoisotopic (exact) mass is 551 g/mol. The summed E-state index contributed by atoms with van der Waals surface area (Å²) in [6, 6.07) is 13.8. The molecule has 0 saturated carbocycles. The van der Waals surface area contributed by atoms with Crippen LogP contribution in [0.25, 0.3) is 0 Å². The SMILES string of the molecule is CCC(C)C(NC(=O)OC(C)(C)C)C(=O)N(C(C(=O)NCc1ccccc1)c1cccc(C)c1C)C(C)(C)CC. The third-order valence-electron chi connectivity index (χ3n) is 7.66. The Labute approximate surface area is 241 Å². The molecule has 0 bridgehead atoms. The second kappa shape index (κ2) is 13.8. The van der Waals surface area contributed by atoms with Crippen molar-refractivity contribution >= 4 is 17.9 Å². The van der Waals surface area contributed by atoms with E-state index in [1.165, 1.54) is 0 Å². The molecular weight excluding hydrogens is 502 g/mol. The molecule has 0 heterocycles. The highest BCUT2D eigenvalue weighted by atomic mass is 16.6. The van der Waals surface area contributed by atoms with E-state index in [1.807, 2.05) is 97.0 Å². The minimum Gasteiger partial charge on any atom is -0.444 e. The lowest BCUT2D eigenvalue weighted by Gasteiger charge is -2.45. The number of hydrogen-bond acceptors (Lipinski definition) is 4. The van der Waals surface area contributed by atoms with E-state index in [0.29, 0.717) is 19.4 Å². The van der Waals surface area contributed by atoms with Crippen LogP contribution in [-0.4, -0.2) is 40.0 Å². The zero-order valence-corrected chi connectivity index (χ0v) is 26.1. The lowest BCUT2D eigenvalue weighted by molar-refractivity contribution is -0.150. The van der Waals surface area contributed by atoms with Crippen LogP contribution < -0.4 is 10.6 Å². The molecule has 220 valence electrons. The number of carbonyl (C=O) groups is 3. The van der Waals surface area contributed by atoms with Crippen LogP contribution >= 0.6 is 0 Å². The van der Waals surface area contributed by atoms with Gasteiger partial charge in [0.2, 0.25) is 11.8 Å². The van der Waals surface area contributed by atoms with E-state index in [0.717, 1.165) is 22.3 Å². The lowest BCUT2D eigenvalue weighted by Crippen LogP contribution is -2.60. The third-order valence-corrected chi connectivity index (χ3v) is 7.66. The molecule has 0 aromatic heterocycles. The normalized spacial score (nSPS) is 14.1. The van der Waals surface area contributed by atoms with Gasteiger partial charge in [0.05, 0.1) is 0 Å². The molecular formula is C33H49N3O4. The van der Waals surface area contributed by atoms with Gasteiger partial charge in [-0.3, -0.25) is 9.59 Å². The van der Waals surface area contributed by atoms with E-state index in [2.05, 4.69) is 10.6 Å². The number of amides is 3. The van der Waals surface area contributed by atoms with Crippen molar-refractivity contribution in [1.29, 1.82) is 0 Å². The molecule has 2 aromatic rings. The minimum absolute atomic E-state index is 0.193. The predicted octanol–water partition coefficient (Wildman–Crippen LogP) is 6.62. The fourth-order valence-electron chi connectivity index (χ4n) is 4.56. The molecule has 40 heavy (non-hydrogen) atoms. The van der Waals surface area contributed by atoms with Gasteiger partial charge < -0.3 is 20.3 Å². The first-order chi connectivity index (χ1) is 18.6. The topological polar surface area (TPSA) is 87.7 Å². The maximum absolute atomic E-state index is 14.6. The van der Waals surface area contributed by atoms with Gasteiger partial charge in [0.25, 0.3) is 0 Å². The summed E-state index contributed by atoms with van der Waals surface area (Å²) in [5.74, 6) is -0.776. The number of nitrogens with zero attached hydrogens (tertiary/aromatic N) is 1. The van der Waals surface area contributed by atoms with Crippen LogP contribution in [0.2, 0.25) is 0 Å². The average Bonchev–Trinajstić information content (AvgIpc) is 2.89. The Kier molecular flexibility index (Phi) is 11.4. The maximum Gasteiger partial charge on any atom is 0.408 e. The summed E-state index contributed by atoms with van der Waals surface area (Å²) >= 11 is 0. The maximum atomic E-state index is 14.6. The van der Waals surface area contributed by atoms with Gasteiger partial charge in [-0.05, 0) is 83.1 Å². The van der Waals surface area contributed by atoms with Crippen LogP contribution in [0.3, 0.4) is 0 Å². The van der Waals surface area contributed by atoms with Crippen LogP contribution in [0.15, 0.2) is 48.5 Å². The summed E-state index contributed by atoms with van der Waals surface area (Å²) in [5, 5.41) is 5.93. The van der Waals surface area contributed by atoms with E-state index in [4.69, 9.17) is 4.74 Å². The van der Waals surface area contributed by atoms with Gasteiger partial charge >= 0.3 is 6.09 Å². The molecule has 2 rings (SSSR count). The van der Waals surface area contributed by atoms with E-state index >= 15 is 0 Å². The van der Waals surface area contributed by atoms with Crippen LogP contribution in [0.4, 0.5) is 4.79 Å². The number of carbonyl (C=O) groups excluding carboxylic acids is 3. The highest BCUT2D eigenvalue weighted by Gasteiger charge is 2.44. The standard InChI is InChI=1S/C33H49N3O4/c1-11-22(3)27(35-31(39)40-32(6,7)8)30(38)36(33(9,10)12-2)28(26-20-16-17-23(4)24(26)5)29(37)34-21-25-18-14-13-15-19-25/h13-20,22,27-28H,11-12,21H2,1-10H3,(H,34,37)(H,35,39). The lowest BCUT2D eigenvalue weighted by atomic mass is 9.87. The van der Waals surface area contributed by atoms with Gasteiger partial charge in [-0.1, -0.05) is 75.7 Å². The van der Waals surface area contributed by atoms with Crippen molar-refractivity contribution in [2.45, 2.75) is 112 Å². The molecule has 0 saturated heterocycles. The van der Waals surface area contributed by atoms with Crippen LogP contribution in [0, 0.1) is 19.8 Å². The fourth-order valence-corrected chi connectivity index (χ4v) is 4.56. The molecule has 7 heteroatoms. The smallest absolute Gasteiger partial charge is 0.408 e. The Morgan fingerprint density at radius 3 is 2.10 bits per heavy atom. The van der Waals surface area contributed by atoms with Gasteiger partial charge in [-0.2, -0.15) is 0 Å². The average molecular weight is 552 g/mol. The molecule has 7 nitrogen and oxygen atoms in total. The van der Waals surface area contributed by atoms with Gasteiger partial charge in [0.1, 0.15) is 17.7 Å². The number of hydrogen-bond donors (Lipinski definition) is 2. The first-order valence-corrected chi connectivity index (χ1v) is 14.3. The highest BCUT2D eigenvalue weighted by molar-refractivity contribution is 5.93. The summed E-state index contributed by atoms with van der Waals surface area (Å²) in [4.78, 5) is 43.3. The Morgan fingerprint density at radius 2 is 1.55 bits per heavy atom. The largest absolute Gasteiger partial charge is 0.444 e. The van der Waals surface area contributed by atoms with Crippen molar-refractivity contribution in [3.8, 4) is 0 Å². The summed E-state index contributed by atoms with van der Waals surface area (Å²) in [7, 11) is 0. The van der Waals surface area contributed by atoms with Crippen LogP contribution in [0.5, 0.6) is 0 Å². The van der Waals surface area contributed by atoms with Gasteiger partial charge in [0, 0.05) is 12.1 Å². The molecule has 3 atom stereocenters. The molecule has 0 aliphatic heterocycles. The van der Waals surface area contributed by atoms with E-state index < -0.39 is 29.3 Å². The highest BCUT2D eigenvalue weighted by Crippen LogP contribution is 2.35. The molecule has 2 aromatic carbocycles. The number of benzene rings is 2. The van der Waals surface area contributed by atoms with Crippen molar-refractivity contribution < 1.29 is 19.1 Å². The Hall–Kier alpha value is -3.35. The zero-order chi connectivity index (χ0) is 30.3. The van der Waals surface area contributed by atoms with Crippen molar-refractivity contribution in [2.24, 2.45) is 5.92 Å². The molecule has 0 aliphatic carbocycles. The molecule has 3 unspecified atom stereocenters. The van der Waals surface area contributed by atoms with E-state index in [-0.39, 0.29) is 17.7 Å². The first-order valence-electron chi connectivity index (χ1n) is 14.3. The van der Waals surface area contributed by atoms with Crippen molar-refractivity contribution in [3.63, 3.8) is 0 Å². The Bertz CT molecular complexity index is 1150. The molecule has 0 aliphatic rings. The van der Waals surface area contributed by atoms with E-state index in [1.54, 1.807) is 25.7 Å². The molecule has 2 N–H and O–H groups in total. The van der Waals surface area contributed by atoms with Gasteiger partial charge in [-0.25, -0.2) is 4.79 Å². The number of nitrogens with one attached hydrogen (secondary N) is 2.